The van der Waals surface area contributed by atoms with Gasteiger partial charge in [0.15, 0.2) is 0 Å². The van der Waals surface area contributed by atoms with Crippen molar-refractivity contribution in [1.82, 2.24) is 4.57 Å². The summed E-state index contributed by atoms with van der Waals surface area (Å²) >= 11 is 0. The molecule has 0 atom stereocenters. The van der Waals surface area contributed by atoms with Crippen LogP contribution in [0.15, 0.2) is 127 Å². The van der Waals surface area contributed by atoms with E-state index in [-0.39, 0.29) is 0 Å². The van der Waals surface area contributed by atoms with Crippen molar-refractivity contribution in [3.05, 3.63) is 139 Å². The van der Waals surface area contributed by atoms with Crippen LogP contribution in [0.25, 0.3) is 60.5 Å². The van der Waals surface area contributed by atoms with Crippen LogP contribution in [-0.2, 0) is 6.42 Å². The summed E-state index contributed by atoms with van der Waals surface area (Å²) in [6, 6.07) is 46.7. The predicted octanol–water partition coefficient (Wildman–Crippen LogP) is 9.18. The SMILES string of the molecule is c1ccc(-n2c3ccccc3c3cc(-c4ccc5ccc6c(c5c4)-c4ccccc4C6)ccc32)cc1. The Kier molecular flexibility index (Phi) is 4.06. The molecule has 0 radical (unpaired) electrons. The van der Waals surface area contributed by atoms with Crippen molar-refractivity contribution in [2.45, 2.75) is 6.42 Å². The van der Waals surface area contributed by atoms with E-state index in [4.69, 9.17) is 0 Å². The molecule has 8 rings (SSSR count). The second-order valence-electron chi connectivity index (χ2n) is 9.79. The molecule has 0 N–H and O–H groups in total. The average molecular weight is 458 g/mol. The number of para-hydroxylation sites is 2. The van der Waals surface area contributed by atoms with Crippen molar-refractivity contribution in [3.8, 4) is 27.9 Å². The normalized spacial score (nSPS) is 12.3. The maximum atomic E-state index is 2.40. The molecule has 0 saturated heterocycles. The van der Waals surface area contributed by atoms with E-state index in [1.807, 2.05) is 0 Å². The third-order valence-electron chi connectivity index (χ3n) is 7.80. The van der Waals surface area contributed by atoms with Crippen LogP contribution < -0.4 is 0 Å². The molecule has 0 unspecified atom stereocenters. The van der Waals surface area contributed by atoms with Gasteiger partial charge >= 0.3 is 0 Å². The Balaban J connectivity index is 1.36. The van der Waals surface area contributed by atoms with Gasteiger partial charge in [0.1, 0.15) is 0 Å². The van der Waals surface area contributed by atoms with Crippen LogP contribution in [0.3, 0.4) is 0 Å². The van der Waals surface area contributed by atoms with Gasteiger partial charge in [0.05, 0.1) is 11.0 Å². The van der Waals surface area contributed by atoms with Crippen molar-refractivity contribution in [1.29, 1.82) is 0 Å². The molecular weight excluding hydrogens is 434 g/mol. The van der Waals surface area contributed by atoms with Crippen molar-refractivity contribution < 1.29 is 0 Å². The molecular formula is C35H23N. The van der Waals surface area contributed by atoms with Crippen LogP contribution in [0.1, 0.15) is 11.1 Å². The fourth-order valence-corrected chi connectivity index (χ4v) is 6.14. The van der Waals surface area contributed by atoms with Crippen LogP contribution in [0.2, 0.25) is 0 Å². The van der Waals surface area contributed by atoms with Crippen LogP contribution in [0, 0.1) is 0 Å². The highest BCUT2D eigenvalue weighted by atomic mass is 15.0. The van der Waals surface area contributed by atoms with Gasteiger partial charge in [-0.05, 0) is 87.0 Å². The Morgan fingerprint density at radius 1 is 0.472 bits per heavy atom. The monoisotopic (exact) mass is 457 g/mol. The van der Waals surface area contributed by atoms with Crippen LogP contribution in [-0.4, -0.2) is 4.57 Å². The first-order valence-electron chi connectivity index (χ1n) is 12.6. The molecule has 0 aliphatic heterocycles. The molecule has 1 aliphatic carbocycles. The summed E-state index contributed by atoms with van der Waals surface area (Å²) in [6.07, 6.45) is 1.02. The van der Waals surface area contributed by atoms with Gasteiger partial charge < -0.3 is 4.57 Å². The fourth-order valence-electron chi connectivity index (χ4n) is 6.14. The highest BCUT2D eigenvalue weighted by Gasteiger charge is 2.20. The maximum Gasteiger partial charge on any atom is 0.0541 e. The molecule has 168 valence electrons. The van der Waals surface area contributed by atoms with E-state index < -0.39 is 0 Å². The molecule has 0 saturated carbocycles. The highest BCUT2D eigenvalue weighted by Crippen LogP contribution is 2.43. The van der Waals surface area contributed by atoms with E-state index in [1.54, 1.807) is 0 Å². The Labute approximate surface area is 209 Å². The third kappa shape index (κ3) is 2.77. The molecule has 1 heteroatoms. The van der Waals surface area contributed by atoms with Crippen molar-refractivity contribution >= 4 is 32.6 Å². The highest BCUT2D eigenvalue weighted by molar-refractivity contribution is 6.11. The standard InChI is InChI=1S/C35H23N/c1-2-9-28(10-3-1)36-33-13-7-6-12-30(33)32-22-25(18-19-34(32)36)24-16-14-23-15-17-27-20-26-8-4-5-11-29(26)35(27)31(23)21-24/h1-19,21-22H,20H2. The Hall–Kier alpha value is -4.62. The first-order chi connectivity index (χ1) is 17.8. The molecule has 36 heavy (non-hydrogen) atoms. The van der Waals surface area contributed by atoms with Crippen molar-refractivity contribution in [3.63, 3.8) is 0 Å². The van der Waals surface area contributed by atoms with E-state index in [0.29, 0.717) is 0 Å². The molecule has 0 fully saturated rings. The van der Waals surface area contributed by atoms with E-state index >= 15 is 0 Å². The van der Waals surface area contributed by atoms with E-state index in [0.717, 1.165) is 6.42 Å². The first-order valence-corrected chi connectivity index (χ1v) is 12.6. The van der Waals surface area contributed by atoms with Gasteiger partial charge in [-0.1, -0.05) is 91.0 Å². The summed E-state index contributed by atoms with van der Waals surface area (Å²) in [6.45, 7) is 0. The summed E-state index contributed by atoms with van der Waals surface area (Å²) in [4.78, 5) is 0. The zero-order valence-electron chi connectivity index (χ0n) is 19.8. The van der Waals surface area contributed by atoms with Gasteiger partial charge in [-0.3, -0.25) is 0 Å². The van der Waals surface area contributed by atoms with Gasteiger partial charge in [-0.15, -0.1) is 0 Å². The first kappa shape index (κ1) is 19.7. The van der Waals surface area contributed by atoms with Gasteiger partial charge in [0.25, 0.3) is 0 Å². The second-order valence-corrected chi connectivity index (χ2v) is 9.79. The average Bonchev–Trinajstić information content (AvgIpc) is 3.49. The summed E-state index contributed by atoms with van der Waals surface area (Å²) < 4.78 is 2.37. The van der Waals surface area contributed by atoms with Gasteiger partial charge in [0.2, 0.25) is 0 Å². The minimum Gasteiger partial charge on any atom is -0.309 e. The van der Waals surface area contributed by atoms with Crippen molar-refractivity contribution in [2.24, 2.45) is 0 Å². The Bertz CT molecular complexity index is 1960. The Morgan fingerprint density at radius 3 is 2.08 bits per heavy atom. The molecule has 1 heterocycles. The Morgan fingerprint density at radius 2 is 1.17 bits per heavy atom. The smallest absolute Gasteiger partial charge is 0.0541 e. The lowest BCUT2D eigenvalue weighted by Crippen LogP contribution is -1.92. The number of rotatable bonds is 2. The number of hydrogen-bond acceptors (Lipinski definition) is 0. The molecule has 6 aromatic carbocycles. The molecule has 0 spiro atoms. The lowest BCUT2D eigenvalue weighted by Gasteiger charge is -2.11. The van der Waals surface area contributed by atoms with Crippen LogP contribution in [0.5, 0.6) is 0 Å². The topological polar surface area (TPSA) is 4.93 Å². The predicted molar refractivity (Wildman–Crippen MR) is 152 cm³/mol. The van der Waals surface area contributed by atoms with E-state index in [9.17, 15) is 0 Å². The lowest BCUT2D eigenvalue weighted by atomic mass is 9.94. The number of nitrogens with zero attached hydrogens (tertiary/aromatic N) is 1. The van der Waals surface area contributed by atoms with E-state index in [2.05, 4.69) is 132 Å². The molecule has 7 aromatic rings. The number of fused-ring (bicyclic) bond motifs is 8. The summed E-state index contributed by atoms with van der Waals surface area (Å²) in [5, 5.41) is 5.22. The van der Waals surface area contributed by atoms with Crippen LogP contribution in [0.4, 0.5) is 0 Å². The number of aromatic nitrogens is 1. The maximum absolute atomic E-state index is 2.40. The van der Waals surface area contributed by atoms with Gasteiger partial charge in [-0.2, -0.15) is 0 Å². The third-order valence-corrected chi connectivity index (χ3v) is 7.80. The summed E-state index contributed by atoms with van der Waals surface area (Å²) in [5.41, 5.74) is 11.8. The zero-order valence-corrected chi connectivity index (χ0v) is 19.8. The molecule has 1 aromatic heterocycles. The minimum atomic E-state index is 1.02. The quantitative estimate of drug-likeness (QED) is 0.244. The largest absolute Gasteiger partial charge is 0.309 e. The minimum absolute atomic E-state index is 1.02. The fraction of sp³-hybridized carbons (Fsp3) is 0.0286. The molecule has 1 nitrogen and oxygen atoms in total. The summed E-state index contributed by atoms with van der Waals surface area (Å²) in [5.74, 6) is 0. The summed E-state index contributed by atoms with van der Waals surface area (Å²) in [7, 11) is 0. The van der Waals surface area contributed by atoms with Crippen LogP contribution >= 0.6 is 0 Å². The van der Waals surface area contributed by atoms with E-state index in [1.165, 1.54) is 71.6 Å². The molecule has 0 bridgehead atoms. The van der Waals surface area contributed by atoms with Crippen molar-refractivity contribution in [2.75, 3.05) is 0 Å². The second kappa shape index (κ2) is 7.44. The molecule has 1 aliphatic rings. The van der Waals surface area contributed by atoms with Gasteiger partial charge in [0, 0.05) is 16.5 Å². The number of benzene rings is 6. The lowest BCUT2D eigenvalue weighted by molar-refractivity contribution is 1.18. The zero-order chi connectivity index (χ0) is 23.6. The number of hydrogen-bond donors (Lipinski definition) is 0. The van der Waals surface area contributed by atoms with Gasteiger partial charge in [-0.25, -0.2) is 0 Å². The molecule has 0 amide bonds.